The van der Waals surface area contributed by atoms with E-state index in [9.17, 15) is 4.79 Å². The summed E-state index contributed by atoms with van der Waals surface area (Å²) in [4.78, 5) is 10.9. The molecule has 24 heavy (non-hydrogen) atoms. The van der Waals surface area contributed by atoms with Gasteiger partial charge in [0.1, 0.15) is 14.3 Å². The molecule has 1 aliphatic rings. The molecule has 0 unspecified atom stereocenters. The van der Waals surface area contributed by atoms with Gasteiger partial charge in [-0.1, -0.05) is 46.1 Å². The maximum atomic E-state index is 10.9. The monoisotopic (exact) mass is 346 g/mol. The van der Waals surface area contributed by atoms with Gasteiger partial charge in [0.05, 0.1) is 0 Å². The molecule has 2 nitrogen and oxygen atoms in total. The molecule has 0 aromatic heterocycles. The van der Waals surface area contributed by atoms with Crippen molar-refractivity contribution in [1.29, 1.82) is 0 Å². The van der Waals surface area contributed by atoms with Gasteiger partial charge < -0.3 is 4.74 Å². The Morgan fingerprint density at radius 3 is 2.54 bits per heavy atom. The zero-order valence-corrected chi connectivity index (χ0v) is 17.6. The third-order valence-electron chi connectivity index (χ3n) is 4.60. The maximum absolute atomic E-state index is 10.9. The fraction of sp³-hybridized carbons (Fsp3) is 0.714. The van der Waals surface area contributed by atoms with Crippen LogP contribution in [-0.4, -0.2) is 14.0 Å². The second-order valence-electron chi connectivity index (χ2n) is 9.02. The van der Waals surface area contributed by atoms with E-state index in [1.807, 2.05) is 0 Å². The van der Waals surface area contributed by atoms with E-state index < -0.39 is 8.07 Å². The van der Waals surface area contributed by atoms with Crippen molar-refractivity contribution in [3.63, 3.8) is 0 Å². The zero-order chi connectivity index (χ0) is 18.4. The molecule has 3 heteroatoms. The minimum Gasteiger partial charge on any atom is -0.426 e. The third-order valence-corrected chi connectivity index (χ3v) is 5.53. The molecular formula is C21H34O2Si. The van der Waals surface area contributed by atoms with Crippen molar-refractivity contribution in [1.82, 2.24) is 0 Å². The fourth-order valence-electron chi connectivity index (χ4n) is 3.17. The zero-order valence-electron chi connectivity index (χ0n) is 16.6. The summed E-state index contributed by atoms with van der Waals surface area (Å²) in [6.07, 6.45) is 6.90. The van der Waals surface area contributed by atoms with Crippen LogP contribution in [0.5, 0.6) is 0 Å². The van der Waals surface area contributed by atoms with E-state index in [1.165, 1.54) is 31.6 Å². The quantitative estimate of drug-likeness (QED) is 0.215. The molecule has 0 N–H and O–H groups in total. The van der Waals surface area contributed by atoms with Crippen LogP contribution in [0.2, 0.25) is 19.6 Å². The highest BCUT2D eigenvalue weighted by Crippen LogP contribution is 2.43. The molecule has 0 aromatic rings. The Kier molecular flexibility index (Phi) is 7.58. The number of esters is 1. The topological polar surface area (TPSA) is 26.3 Å². The molecule has 2 atom stereocenters. The van der Waals surface area contributed by atoms with Crippen molar-refractivity contribution >= 4 is 14.0 Å². The van der Waals surface area contributed by atoms with Crippen LogP contribution >= 0.6 is 0 Å². The molecule has 0 amide bonds. The Labute approximate surface area is 149 Å². The Morgan fingerprint density at radius 1 is 1.33 bits per heavy atom. The van der Waals surface area contributed by atoms with Gasteiger partial charge in [0, 0.05) is 13.3 Å². The van der Waals surface area contributed by atoms with E-state index >= 15 is 0 Å². The third kappa shape index (κ3) is 8.04. The summed E-state index contributed by atoms with van der Waals surface area (Å²) in [6.45, 7) is 15.3. The molecular weight excluding hydrogens is 312 g/mol. The first kappa shape index (κ1) is 20.8. The SMILES string of the molecule is CC(=O)OC=C=C1CC[C@H](C(C)(C)C)C[C@@H]1CCC#C[Si](C)(C)C. The second kappa shape index (κ2) is 8.74. The van der Waals surface area contributed by atoms with E-state index in [-0.39, 0.29) is 5.97 Å². The summed E-state index contributed by atoms with van der Waals surface area (Å²) in [5.74, 6) is 4.34. The van der Waals surface area contributed by atoms with Crippen LogP contribution in [0.3, 0.4) is 0 Å². The molecule has 0 bridgehead atoms. The lowest BCUT2D eigenvalue weighted by atomic mass is 9.67. The van der Waals surface area contributed by atoms with Gasteiger partial charge in [-0.15, -0.1) is 11.5 Å². The lowest BCUT2D eigenvalue weighted by molar-refractivity contribution is -0.135. The molecule has 0 radical (unpaired) electrons. The molecule has 1 aliphatic carbocycles. The molecule has 0 aromatic carbocycles. The molecule has 1 rings (SSSR count). The van der Waals surface area contributed by atoms with E-state index in [0.717, 1.165) is 25.2 Å². The van der Waals surface area contributed by atoms with Crippen molar-refractivity contribution in [3.05, 3.63) is 17.6 Å². The standard InChI is InChI=1S/C21H34O2Si/c1-17(22)23-14-13-18-11-12-20(21(2,3)4)16-19(18)10-8-9-15-24(5,6)7/h14,19-20H,8,10-12,16H2,1-7H3/t13?,19-,20-/m0/s1. The van der Waals surface area contributed by atoms with Crippen molar-refractivity contribution in [2.45, 2.75) is 79.4 Å². The normalized spacial score (nSPS) is 21.4. The van der Waals surface area contributed by atoms with Crippen molar-refractivity contribution in [2.75, 3.05) is 0 Å². The van der Waals surface area contributed by atoms with E-state index in [1.54, 1.807) is 0 Å². The van der Waals surface area contributed by atoms with E-state index in [0.29, 0.717) is 11.3 Å². The van der Waals surface area contributed by atoms with E-state index in [2.05, 4.69) is 57.6 Å². The van der Waals surface area contributed by atoms with Gasteiger partial charge in [-0.3, -0.25) is 4.79 Å². The molecule has 134 valence electrons. The fourth-order valence-corrected chi connectivity index (χ4v) is 3.82. The first-order valence-electron chi connectivity index (χ1n) is 9.10. The lowest BCUT2D eigenvalue weighted by Gasteiger charge is -2.38. The highest BCUT2D eigenvalue weighted by molar-refractivity contribution is 6.83. The average molecular weight is 347 g/mol. The van der Waals surface area contributed by atoms with Crippen molar-refractivity contribution in [2.24, 2.45) is 17.3 Å². The Morgan fingerprint density at radius 2 is 2.00 bits per heavy atom. The van der Waals surface area contributed by atoms with E-state index in [4.69, 9.17) is 4.74 Å². The molecule has 0 saturated heterocycles. The predicted octanol–water partition coefficient (Wildman–Crippen LogP) is 5.71. The van der Waals surface area contributed by atoms with Crippen LogP contribution in [0.25, 0.3) is 0 Å². The summed E-state index contributed by atoms with van der Waals surface area (Å²) in [5, 5.41) is 0. The van der Waals surface area contributed by atoms with Gasteiger partial charge >= 0.3 is 5.97 Å². The summed E-state index contributed by atoms with van der Waals surface area (Å²) >= 11 is 0. The smallest absolute Gasteiger partial charge is 0.308 e. The molecule has 0 spiro atoms. The van der Waals surface area contributed by atoms with Crippen LogP contribution < -0.4 is 0 Å². The number of hydrogen-bond acceptors (Lipinski definition) is 2. The summed E-state index contributed by atoms with van der Waals surface area (Å²) < 4.78 is 4.94. The second-order valence-corrected chi connectivity index (χ2v) is 13.8. The molecule has 0 heterocycles. The molecule has 1 fully saturated rings. The Hall–Kier alpha value is -1.23. The largest absolute Gasteiger partial charge is 0.426 e. The highest BCUT2D eigenvalue weighted by atomic mass is 28.3. The number of rotatable bonds is 3. The first-order chi connectivity index (χ1) is 11.0. The Bertz CT molecular complexity index is 557. The van der Waals surface area contributed by atoms with Crippen molar-refractivity contribution in [3.8, 4) is 11.5 Å². The van der Waals surface area contributed by atoms with Gasteiger partial charge in [-0.2, -0.15) is 0 Å². The first-order valence-corrected chi connectivity index (χ1v) is 12.6. The van der Waals surface area contributed by atoms with Gasteiger partial charge in [-0.05, 0) is 48.5 Å². The van der Waals surface area contributed by atoms with Crippen LogP contribution in [-0.2, 0) is 9.53 Å². The maximum Gasteiger partial charge on any atom is 0.308 e. The number of carbonyl (C=O) groups is 1. The summed E-state index contributed by atoms with van der Waals surface area (Å²) in [6, 6.07) is 0. The predicted molar refractivity (Wildman–Crippen MR) is 104 cm³/mol. The minimum atomic E-state index is -1.29. The number of ether oxygens (including phenoxy) is 1. The number of allylic oxidation sites excluding steroid dienone is 1. The van der Waals surface area contributed by atoms with Crippen LogP contribution in [0.1, 0.15) is 59.8 Å². The molecule has 0 aliphatic heterocycles. The minimum absolute atomic E-state index is 0.288. The highest BCUT2D eigenvalue weighted by Gasteiger charge is 2.32. The number of carbonyl (C=O) groups excluding carboxylic acids is 1. The number of hydrogen-bond donors (Lipinski definition) is 0. The average Bonchev–Trinajstić information content (AvgIpc) is 2.42. The van der Waals surface area contributed by atoms with Gasteiger partial charge in [-0.25, -0.2) is 0 Å². The van der Waals surface area contributed by atoms with Gasteiger partial charge in [0.25, 0.3) is 0 Å². The summed E-state index contributed by atoms with van der Waals surface area (Å²) in [7, 11) is -1.29. The van der Waals surface area contributed by atoms with Crippen LogP contribution in [0, 0.1) is 28.7 Å². The van der Waals surface area contributed by atoms with Crippen LogP contribution in [0.15, 0.2) is 17.6 Å². The van der Waals surface area contributed by atoms with Gasteiger partial charge in [0.15, 0.2) is 0 Å². The molecule has 1 saturated carbocycles. The lowest BCUT2D eigenvalue weighted by Crippen LogP contribution is -2.28. The van der Waals surface area contributed by atoms with Crippen LogP contribution in [0.4, 0.5) is 0 Å². The van der Waals surface area contributed by atoms with Crippen molar-refractivity contribution < 1.29 is 9.53 Å². The Balaban J connectivity index is 2.84. The summed E-state index contributed by atoms with van der Waals surface area (Å²) in [5.41, 5.74) is 8.34. The van der Waals surface area contributed by atoms with Gasteiger partial charge in [0.2, 0.25) is 0 Å².